The van der Waals surface area contributed by atoms with Crippen molar-refractivity contribution in [3.8, 4) is 0 Å². The number of aryl methyl sites for hydroxylation is 1. The third kappa shape index (κ3) is 6.84. The van der Waals surface area contributed by atoms with Gasteiger partial charge in [-0.15, -0.1) is 18.3 Å². The molecule has 1 atom stereocenters. The molecule has 1 N–H and O–H groups in total. The standard InChI is InChI=1S/C17H27NS/c1-4-5-6-7-8-12-16(18-3)14-19-17-13-10-9-11-15(17)2/h4,9-11,13,16,18H,1,5-8,12,14H2,2-3H3. The second-order valence-corrected chi connectivity index (χ2v) is 6.05. The summed E-state index contributed by atoms with van der Waals surface area (Å²) in [5.41, 5.74) is 1.38. The Morgan fingerprint density at radius 2 is 2.05 bits per heavy atom. The molecule has 0 heterocycles. The molecular formula is C17H27NS. The maximum Gasteiger partial charge on any atom is 0.0158 e. The van der Waals surface area contributed by atoms with Crippen molar-refractivity contribution in [3.05, 3.63) is 42.5 Å². The van der Waals surface area contributed by atoms with Crippen molar-refractivity contribution in [1.29, 1.82) is 0 Å². The maximum atomic E-state index is 3.77. The molecule has 1 rings (SSSR count). The van der Waals surface area contributed by atoms with E-state index < -0.39 is 0 Å². The van der Waals surface area contributed by atoms with Crippen LogP contribution in [-0.2, 0) is 0 Å². The highest BCUT2D eigenvalue weighted by Gasteiger charge is 2.07. The molecule has 2 heteroatoms. The van der Waals surface area contributed by atoms with Crippen molar-refractivity contribution in [3.63, 3.8) is 0 Å². The lowest BCUT2D eigenvalue weighted by atomic mass is 10.1. The fourth-order valence-corrected chi connectivity index (χ4v) is 3.26. The van der Waals surface area contributed by atoms with Gasteiger partial charge in [0.25, 0.3) is 0 Å². The minimum absolute atomic E-state index is 0.619. The molecule has 1 aromatic rings. The van der Waals surface area contributed by atoms with Gasteiger partial charge in [0.1, 0.15) is 0 Å². The Morgan fingerprint density at radius 3 is 2.74 bits per heavy atom. The van der Waals surface area contributed by atoms with Gasteiger partial charge in [0.05, 0.1) is 0 Å². The van der Waals surface area contributed by atoms with E-state index in [1.807, 2.05) is 17.8 Å². The van der Waals surface area contributed by atoms with Crippen LogP contribution < -0.4 is 5.32 Å². The smallest absolute Gasteiger partial charge is 0.0158 e. The number of hydrogen-bond donors (Lipinski definition) is 1. The first-order valence-electron chi connectivity index (χ1n) is 7.24. The zero-order valence-corrected chi connectivity index (χ0v) is 13.1. The van der Waals surface area contributed by atoms with Gasteiger partial charge in [0.15, 0.2) is 0 Å². The van der Waals surface area contributed by atoms with Gasteiger partial charge in [-0.05, 0) is 44.9 Å². The molecule has 0 aromatic heterocycles. The quantitative estimate of drug-likeness (QED) is 0.374. The van der Waals surface area contributed by atoms with Crippen LogP contribution in [0, 0.1) is 6.92 Å². The van der Waals surface area contributed by atoms with Crippen LogP contribution >= 0.6 is 11.8 Å². The van der Waals surface area contributed by atoms with Gasteiger partial charge in [0, 0.05) is 16.7 Å². The van der Waals surface area contributed by atoms with Crippen molar-refractivity contribution in [1.82, 2.24) is 5.32 Å². The van der Waals surface area contributed by atoms with Crippen molar-refractivity contribution < 1.29 is 0 Å². The number of thioether (sulfide) groups is 1. The van der Waals surface area contributed by atoms with Crippen LogP contribution in [0.2, 0.25) is 0 Å². The summed E-state index contributed by atoms with van der Waals surface area (Å²) in [5.74, 6) is 1.16. The van der Waals surface area contributed by atoms with E-state index >= 15 is 0 Å². The molecule has 0 aliphatic carbocycles. The number of rotatable bonds is 10. The van der Waals surface area contributed by atoms with E-state index in [1.54, 1.807) is 0 Å². The van der Waals surface area contributed by atoms with Gasteiger partial charge in [0.2, 0.25) is 0 Å². The molecule has 1 nitrogen and oxygen atoms in total. The first-order valence-corrected chi connectivity index (χ1v) is 8.23. The molecule has 106 valence electrons. The molecule has 0 saturated heterocycles. The van der Waals surface area contributed by atoms with Crippen LogP contribution in [0.1, 0.15) is 37.7 Å². The number of allylic oxidation sites excluding steroid dienone is 1. The predicted octanol–water partition coefficient (Wildman–Crippen LogP) is 4.81. The Balaban J connectivity index is 2.25. The van der Waals surface area contributed by atoms with E-state index in [9.17, 15) is 0 Å². The van der Waals surface area contributed by atoms with Crippen LogP contribution in [0.25, 0.3) is 0 Å². The summed E-state index contributed by atoms with van der Waals surface area (Å²) in [6.07, 6.45) is 8.36. The fraction of sp³-hybridized carbons (Fsp3) is 0.529. The van der Waals surface area contributed by atoms with E-state index in [0.717, 1.165) is 12.2 Å². The van der Waals surface area contributed by atoms with E-state index in [0.29, 0.717) is 6.04 Å². The number of unbranched alkanes of at least 4 members (excludes halogenated alkanes) is 3. The van der Waals surface area contributed by atoms with Gasteiger partial charge in [-0.3, -0.25) is 0 Å². The normalized spacial score (nSPS) is 12.3. The molecular weight excluding hydrogens is 250 g/mol. The zero-order valence-electron chi connectivity index (χ0n) is 12.3. The second kappa shape index (κ2) is 10.1. The minimum Gasteiger partial charge on any atom is -0.316 e. The van der Waals surface area contributed by atoms with Crippen LogP contribution in [-0.4, -0.2) is 18.8 Å². The summed E-state index contributed by atoms with van der Waals surface area (Å²) in [7, 11) is 2.08. The first kappa shape index (κ1) is 16.3. The lowest BCUT2D eigenvalue weighted by Gasteiger charge is -2.16. The third-order valence-corrected chi connectivity index (χ3v) is 4.74. The van der Waals surface area contributed by atoms with Crippen LogP contribution in [0.15, 0.2) is 41.8 Å². The second-order valence-electron chi connectivity index (χ2n) is 4.99. The van der Waals surface area contributed by atoms with Gasteiger partial charge in [-0.1, -0.05) is 37.1 Å². The summed E-state index contributed by atoms with van der Waals surface area (Å²) < 4.78 is 0. The van der Waals surface area contributed by atoms with E-state index in [-0.39, 0.29) is 0 Å². The lowest BCUT2D eigenvalue weighted by Crippen LogP contribution is -2.27. The maximum absolute atomic E-state index is 3.77. The molecule has 1 aromatic carbocycles. The Bertz CT molecular complexity index is 362. The molecule has 1 unspecified atom stereocenters. The Morgan fingerprint density at radius 1 is 1.26 bits per heavy atom. The molecule has 0 fully saturated rings. The SMILES string of the molecule is C=CCCCCCC(CSc1ccccc1C)NC. The molecule has 0 spiro atoms. The molecule has 0 aliphatic rings. The fourth-order valence-electron chi connectivity index (χ4n) is 2.08. The van der Waals surface area contributed by atoms with Gasteiger partial charge in [-0.25, -0.2) is 0 Å². The van der Waals surface area contributed by atoms with Crippen LogP contribution in [0.5, 0.6) is 0 Å². The van der Waals surface area contributed by atoms with E-state index in [4.69, 9.17) is 0 Å². The van der Waals surface area contributed by atoms with Gasteiger partial charge < -0.3 is 5.32 Å². The summed E-state index contributed by atoms with van der Waals surface area (Å²) in [4.78, 5) is 1.41. The summed E-state index contributed by atoms with van der Waals surface area (Å²) in [5, 5.41) is 3.44. The monoisotopic (exact) mass is 277 g/mol. The minimum atomic E-state index is 0.619. The van der Waals surface area contributed by atoms with E-state index in [2.05, 4.69) is 50.1 Å². The molecule has 0 aliphatic heterocycles. The Kier molecular flexibility index (Phi) is 8.68. The number of hydrogen-bond acceptors (Lipinski definition) is 2. The summed E-state index contributed by atoms with van der Waals surface area (Å²) >= 11 is 1.97. The van der Waals surface area contributed by atoms with Crippen LogP contribution in [0.3, 0.4) is 0 Å². The summed E-state index contributed by atoms with van der Waals surface area (Å²) in [6, 6.07) is 9.25. The zero-order chi connectivity index (χ0) is 13.9. The topological polar surface area (TPSA) is 12.0 Å². The number of nitrogens with one attached hydrogen (secondary N) is 1. The van der Waals surface area contributed by atoms with Crippen LogP contribution in [0.4, 0.5) is 0 Å². The lowest BCUT2D eigenvalue weighted by molar-refractivity contribution is 0.526. The van der Waals surface area contributed by atoms with E-state index in [1.165, 1.54) is 36.1 Å². The van der Waals surface area contributed by atoms with Crippen molar-refractivity contribution >= 4 is 11.8 Å². The predicted molar refractivity (Wildman–Crippen MR) is 88.0 cm³/mol. The molecule has 0 bridgehead atoms. The van der Waals surface area contributed by atoms with Crippen molar-refractivity contribution in [2.24, 2.45) is 0 Å². The molecule has 19 heavy (non-hydrogen) atoms. The molecule has 0 radical (unpaired) electrons. The number of benzene rings is 1. The highest BCUT2D eigenvalue weighted by atomic mass is 32.2. The average Bonchev–Trinajstić information content (AvgIpc) is 2.43. The highest BCUT2D eigenvalue weighted by molar-refractivity contribution is 7.99. The molecule has 0 saturated carbocycles. The molecule has 0 amide bonds. The van der Waals surface area contributed by atoms with Gasteiger partial charge in [-0.2, -0.15) is 0 Å². The summed E-state index contributed by atoms with van der Waals surface area (Å²) in [6.45, 7) is 5.95. The van der Waals surface area contributed by atoms with Gasteiger partial charge >= 0.3 is 0 Å². The first-order chi connectivity index (χ1) is 9.27. The highest BCUT2D eigenvalue weighted by Crippen LogP contribution is 2.23. The largest absolute Gasteiger partial charge is 0.316 e. The Hall–Kier alpha value is -0.730. The third-order valence-electron chi connectivity index (χ3n) is 3.40. The Labute approximate surface area is 122 Å². The van der Waals surface area contributed by atoms with Crippen molar-refractivity contribution in [2.45, 2.75) is 50.0 Å². The van der Waals surface area contributed by atoms with Crippen molar-refractivity contribution in [2.75, 3.05) is 12.8 Å². The average molecular weight is 277 g/mol.